The van der Waals surface area contributed by atoms with Gasteiger partial charge in [-0.05, 0) is 25.9 Å². The number of carboxylic acid groups (broad SMARTS) is 1. The number of hydrogen-bond donors (Lipinski definition) is 1. The molecule has 1 N–H and O–H groups in total. The van der Waals surface area contributed by atoms with E-state index in [1.54, 1.807) is 0 Å². The summed E-state index contributed by atoms with van der Waals surface area (Å²) < 4.78 is 0. The van der Waals surface area contributed by atoms with E-state index in [9.17, 15) is 9.90 Å². The molecule has 104 valence electrons. The van der Waals surface area contributed by atoms with Crippen molar-refractivity contribution in [1.82, 2.24) is 4.90 Å². The molecule has 0 aromatic heterocycles. The van der Waals surface area contributed by atoms with Gasteiger partial charge in [0.25, 0.3) is 0 Å². The van der Waals surface area contributed by atoms with Crippen LogP contribution in [-0.2, 0) is 4.79 Å². The van der Waals surface area contributed by atoms with E-state index in [-0.39, 0.29) is 24.8 Å². The van der Waals surface area contributed by atoms with Gasteiger partial charge in [0.05, 0.1) is 5.41 Å². The summed E-state index contributed by atoms with van der Waals surface area (Å²) in [4.78, 5) is 13.7. The van der Waals surface area contributed by atoms with Gasteiger partial charge < -0.3 is 10.0 Å². The van der Waals surface area contributed by atoms with Gasteiger partial charge in [-0.3, -0.25) is 4.79 Å². The number of nitrogens with zero attached hydrogens (tertiary/aromatic N) is 1. The number of carboxylic acids is 1. The van der Waals surface area contributed by atoms with Crippen LogP contribution < -0.4 is 0 Å². The van der Waals surface area contributed by atoms with Gasteiger partial charge >= 0.3 is 5.97 Å². The smallest absolute Gasteiger partial charge is 0.310 e. The highest BCUT2D eigenvalue weighted by atomic mass is 35.5. The molecule has 1 rings (SSSR count). The molecule has 0 amide bonds. The average Bonchev–Trinajstić information content (AvgIpc) is 2.27. The highest BCUT2D eigenvalue weighted by molar-refractivity contribution is 5.85. The fourth-order valence-corrected chi connectivity index (χ4v) is 2.54. The standard InChI is InChI=1S/C12H23NO2.2ClH/c1-3-13(4-2)10-12(11(14)15)8-6-5-7-9-12;;/h3-10H2,1-2H3,(H,14,15);2*1H. The number of aliphatic carboxylic acids is 1. The van der Waals surface area contributed by atoms with Crippen LogP contribution in [0.4, 0.5) is 0 Å². The molecule has 0 heterocycles. The van der Waals surface area contributed by atoms with E-state index in [0.29, 0.717) is 0 Å². The highest BCUT2D eigenvalue weighted by Crippen LogP contribution is 2.37. The Hall–Kier alpha value is 0.01000. The zero-order valence-electron chi connectivity index (χ0n) is 10.8. The second-order valence-corrected chi connectivity index (χ2v) is 4.61. The summed E-state index contributed by atoms with van der Waals surface area (Å²) in [5.41, 5.74) is -0.454. The van der Waals surface area contributed by atoms with Crippen LogP contribution in [0.1, 0.15) is 46.0 Å². The summed E-state index contributed by atoms with van der Waals surface area (Å²) in [6.07, 6.45) is 5.08. The van der Waals surface area contributed by atoms with Crippen LogP contribution in [0.25, 0.3) is 0 Å². The van der Waals surface area contributed by atoms with Crippen molar-refractivity contribution in [2.24, 2.45) is 5.41 Å². The van der Waals surface area contributed by atoms with Gasteiger partial charge in [0, 0.05) is 6.54 Å². The molecule has 1 fully saturated rings. The minimum atomic E-state index is -0.589. The Morgan fingerprint density at radius 2 is 1.59 bits per heavy atom. The van der Waals surface area contributed by atoms with Crippen molar-refractivity contribution in [3.05, 3.63) is 0 Å². The molecule has 0 saturated heterocycles. The quantitative estimate of drug-likeness (QED) is 0.843. The lowest BCUT2D eigenvalue weighted by Crippen LogP contribution is -2.44. The lowest BCUT2D eigenvalue weighted by Gasteiger charge is -2.37. The summed E-state index contributed by atoms with van der Waals surface area (Å²) in [7, 11) is 0. The van der Waals surface area contributed by atoms with Crippen molar-refractivity contribution in [3.8, 4) is 0 Å². The summed E-state index contributed by atoms with van der Waals surface area (Å²) >= 11 is 0. The van der Waals surface area contributed by atoms with Crippen molar-refractivity contribution in [2.45, 2.75) is 46.0 Å². The third-order valence-corrected chi connectivity index (χ3v) is 3.69. The van der Waals surface area contributed by atoms with Gasteiger partial charge in [0.15, 0.2) is 0 Å². The monoisotopic (exact) mass is 285 g/mol. The van der Waals surface area contributed by atoms with Crippen LogP contribution in [0.2, 0.25) is 0 Å². The molecule has 0 bridgehead atoms. The van der Waals surface area contributed by atoms with Crippen LogP contribution in [0.3, 0.4) is 0 Å². The molecule has 0 unspecified atom stereocenters. The molecule has 1 aliphatic rings. The molecule has 0 radical (unpaired) electrons. The van der Waals surface area contributed by atoms with Crippen molar-refractivity contribution in [2.75, 3.05) is 19.6 Å². The van der Waals surface area contributed by atoms with Crippen LogP contribution in [0, 0.1) is 5.41 Å². The normalized spacial score (nSPS) is 18.1. The maximum absolute atomic E-state index is 11.4. The fraction of sp³-hybridized carbons (Fsp3) is 0.917. The minimum Gasteiger partial charge on any atom is -0.481 e. The Bertz CT molecular complexity index is 215. The Labute approximate surface area is 117 Å². The number of carbonyl (C=O) groups is 1. The van der Waals surface area contributed by atoms with E-state index in [4.69, 9.17) is 0 Å². The molecule has 5 heteroatoms. The van der Waals surface area contributed by atoms with Gasteiger partial charge in [-0.25, -0.2) is 0 Å². The van der Waals surface area contributed by atoms with Gasteiger partial charge in [0.1, 0.15) is 0 Å². The fourth-order valence-electron chi connectivity index (χ4n) is 2.54. The average molecular weight is 286 g/mol. The molecule has 17 heavy (non-hydrogen) atoms. The number of rotatable bonds is 5. The molecule has 0 aromatic rings. The first-order valence-corrected chi connectivity index (χ1v) is 6.10. The number of halogens is 2. The lowest BCUT2D eigenvalue weighted by atomic mass is 9.73. The van der Waals surface area contributed by atoms with E-state index < -0.39 is 11.4 Å². The predicted molar refractivity (Wildman–Crippen MR) is 75.4 cm³/mol. The van der Waals surface area contributed by atoms with E-state index in [1.807, 2.05) is 0 Å². The topological polar surface area (TPSA) is 40.5 Å². The van der Waals surface area contributed by atoms with Crippen molar-refractivity contribution in [1.29, 1.82) is 0 Å². The molecular weight excluding hydrogens is 261 g/mol. The summed E-state index contributed by atoms with van der Waals surface area (Å²) in [5.74, 6) is -0.589. The van der Waals surface area contributed by atoms with Gasteiger partial charge in [-0.2, -0.15) is 0 Å². The zero-order valence-corrected chi connectivity index (χ0v) is 12.4. The molecular formula is C12H25Cl2NO2. The van der Waals surface area contributed by atoms with E-state index >= 15 is 0 Å². The Balaban J connectivity index is 0. The summed E-state index contributed by atoms with van der Waals surface area (Å²) in [5, 5.41) is 9.40. The van der Waals surface area contributed by atoms with E-state index in [0.717, 1.165) is 45.3 Å². The first-order valence-electron chi connectivity index (χ1n) is 6.10. The summed E-state index contributed by atoms with van der Waals surface area (Å²) in [6, 6.07) is 0. The second-order valence-electron chi connectivity index (χ2n) is 4.61. The van der Waals surface area contributed by atoms with E-state index in [1.165, 1.54) is 6.42 Å². The third kappa shape index (κ3) is 5.02. The van der Waals surface area contributed by atoms with Gasteiger partial charge in [-0.15, -0.1) is 24.8 Å². The molecule has 0 aliphatic heterocycles. The zero-order chi connectivity index (χ0) is 11.3. The molecule has 0 aromatic carbocycles. The number of hydrogen-bond acceptors (Lipinski definition) is 2. The lowest BCUT2D eigenvalue weighted by molar-refractivity contribution is -0.152. The third-order valence-electron chi connectivity index (χ3n) is 3.69. The Kier molecular flexibility index (Phi) is 10.3. The minimum absolute atomic E-state index is 0. The van der Waals surface area contributed by atoms with Crippen molar-refractivity contribution >= 4 is 30.8 Å². The second kappa shape index (κ2) is 9.01. The molecule has 0 atom stereocenters. The predicted octanol–water partition coefficient (Wildman–Crippen LogP) is 3.21. The highest BCUT2D eigenvalue weighted by Gasteiger charge is 2.40. The first-order chi connectivity index (χ1) is 7.14. The van der Waals surface area contributed by atoms with E-state index in [2.05, 4.69) is 18.7 Å². The Morgan fingerprint density at radius 1 is 1.12 bits per heavy atom. The van der Waals surface area contributed by atoms with Crippen molar-refractivity contribution < 1.29 is 9.90 Å². The van der Waals surface area contributed by atoms with Crippen LogP contribution in [0.15, 0.2) is 0 Å². The van der Waals surface area contributed by atoms with Crippen LogP contribution in [-0.4, -0.2) is 35.6 Å². The maximum atomic E-state index is 11.4. The first kappa shape index (κ1) is 19.4. The molecule has 1 saturated carbocycles. The molecule has 0 spiro atoms. The van der Waals surface area contributed by atoms with Crippen LogP contribution in [0.5, 0.6) is 0 Å². The largest absolute Gasteiger partial charge is 0.481 e. The molecule has 3 nitrogen and oxygen atoms in total. The maximum Gasteiger partial charge on any atom is 0.310 e. The van der Waals surface area contributed by atoms with Crippen molar-refractivity contribution in [3.63, 3.8) is 0 Å². The Morgan fingerprint density at radius 3 is 1.94 bits per heavy atom. The summed E-state index contributed by atoms with van der Waals surface area (Å²) in [6.45, 7) is 6.83. The molecule has 1 aliphatic carbocycles. The van der Waals surface area contributed by atoms with Gasteiger partial charge in [0.2, 0.25) is 0 Å². The van der Waals surface area contributed by atoms with Crippen LogP contribution >= 0.6 is 24.8 Å². The SMILES string of the molecule is CCN(CC)CC1(C(=O)O)CCCCC1.Cl.Cl. The van der Waals surface area contributed by atoms with Gasteiger partial charge in [-0.1, -0.05) is 33.1 Å².